The smallest absolute Gasteiger partial charge is 0.337 e. The standard InChI is InChI=1S/C23H24N2O2/c1-24-11-13-25(14-12-24)22-8-4-5-17-9-10-19(16-21(17)22)18-6-3-7-20(15-18)23(26)27-2/h3-10,15-16H,11-14H2,1-2H3. The molecule has 1 aliphatic rings. The molecule has 138 valence electrons. The zero-order valence-corrected chi connectivity index (χ0v) is 15.8. The van der Waals surface area contributed by atoms with Crippen molar-refractivity contribution in [1.82, 2.24) is 4.90 Å². The maximum atomic E-state index is 11.9. The van der Waals surface area contributed by atoms with E-state index in [2.05, 4.69) is 53.2 Å². The molecule has 0 atom stereocenters. The van der Waals surface area contributed by atoms with Crippen LogP contribution in [0.5, 0.6) is 0 Å². The minimum atomic E-state index is -0.309. The Balaban J connectivity index is 1.76. The fraction of sp³-hybridized carbons (Fsp3) is 0.261. The molecule has 1 fully saturated rings. The molecule has 0 saturated carbocycles. The SMILES string of the molecule is COC(=O)c1cccc(-c2ccc3cccc(N4CCN(C)CC4)c3c2)c1. The molecule has 3 aromatic rings. The van der Waals surface area contributed by atoms with E-state index in [0.717, 1.165) is 37.3 Å². The first-order valence-corrected chi connectivity index (χ1v) is 9.31. The van der Waals surface area contributed by atoms with Gasteiger partial charge in [-0.2, -0.15) is 0 Å². The number of nitrogens with zero attached hydrogens (tertiary/aromatic N) is 2. The lowest BCUT2D eigenvalue weighted by molar-refractivity contribution is 0.0601. The molecular formula is C23H24N2O2. The van der Waals surface area contributed by atoms with Gasteiger partial charge in [0.1, 0.15) is 0 Å². The van der Waals surface area contributed by atoms with Gasteiger partial charge >= 0.3 is 5.97 Å². The summed E-state index contributed by atoms with van der Waals surface area (Å²) in [6.45, 7) is 4.24. The fourth-order valence-corrected chi connectivity index (χ4v) is 3.70. The number of rotatable bonds is 3. The molecule has 0 aromatic heterocycles. The van der Waals surface area contributed by atoms with E-state index < -0.39 is 0 Å². The zero-order valence-electron chi connectivity index (χ0n) is 15.8. The molecule has 4 heteroatoms. The Morgan fingerprint density at radius 3 is 2.41 bits per heavy atom. The van der Waals surface area contributed by atoms with E-state index >= 15 is 0 Å². The summed E-state index contributed by atoms with van der Waals surface area (Å²) in [6, 6.07) is 20.6. The van der Waals surface area contributed by atoms with E-state index in [-0.39, 0.29) is 5.97 Å². The van der Waals surface area contributed by atoms with Crippen LogP contribution in [0.3, 0.4) is 0 Å². The lowest BCUT2D eigenvalue weighted by Crippen LogP contribution is -2.44. The summed E-state index contributed by atoms with van der Waals surface area (Å²) in [5, 5.41) is 2.49. The van der Waals surface area contributed by atoms with E-state index in [4.69, 9.17) is 4.74 Å². The van der Waals surface area contributed by atoms with Gasteiger partial charge in [0.25, 0.3) is 0 Å². The highest BCUT2D eigenvalue weighted by Gasteiger charge is 2.16. The third-order valence-electron chi connectivity index (χ3n) is 5.32. The van der Waals surface area contributed by atoms with Crippen molar-refractivity contribution >= 4 is 22.4 Å². The van der Waals surface area contributed by atoms with Gasteiger partial charge in [0.15, 0.2) is 0 Å². The van der Waals surface area contributed by atoms with E-state index in [0.29, 0.717) is 5.56 Å². The number of piperazine rings is 1. The zero-order chi connectivity index (χ0) is 18.8. The number of hydrogen-bond acceptors (Lipinski definition) is 4. The van der Waals surface area contributed by atoms with Gasteiger partial charge in [-0.15, -0.1) is 0 Å². The number of methoxy groups -OCH3 is 1. The van der Waals surface area contributed by atoms with E-state index in [1.807, 2.05) is 18.2 Å². The van der Waals surface area contributed by atoms with Gasteiger partial charge in [-0.05, 0) is 47.8 Å². The Labute approximate surface area is 160 Å². The maximum absolute atomic E-state index is 11.9. The highest BCUT2D eigenvalue weighted by atomic mass is 16.5. The van der Waals surface area contributed by atoms with Gasteiger partial charge in [0, 0.05) is 37.3 Å². The predicted octanol–water partition coefficient (Wildman–Crippen LogP) is 4.05. The van der Waals surface area contributed by atoms with E-state index in [9.17, 15) is 4.79 Å². The Kier molecular flexibility index (Phi) is 4.82. The first kappa shape index (κ1) is 17.6. The minimum Gasteiger partial charge on any atom is -0.465 e. The number of esters is 1. The molecule has 1 heterocycles. The first-order valence-electron chi connectivity index (χ1n) is 9.31. The highest BCUT2D eigenvalue weighted by molar-refractivity contribution is 5.98. The molecule has 0 unspecified atom stereocenters. The molecule has 0 aliphatic carbocycles. The van der Waals surface area contributed by atoms with Crippen molar-refractivity contribution in [3.8, 4) is 11.1 Å². The topological polar surface area (TPSA) is 32.8 Å². The van der Waals surface area contributed by atoms with Crippen LogP contribution in [0.1, 0.15) is 10.4 Å². The third kappa shape index (κ3) is 3.53. The summed E-state index contributed by atoms with van der Waals surface area (Å²) in [6.07, 6.45) is 0. The summed E-state index contributed by atoms with van der Waals surface area (Å²) in [7, 11) is 3.58. The number of hydrogen-bond donors (Lipinski definition) is 0. The van der Waals surface area contributed by atoms with Crippen molar-refractivity contribution in [3.05, 3.63) is 66.2 Å². The Morgan fingerprint density at radius 1 is 0.889 bits per heavy atom. The lowest BCUT2D eigenvalue weighted by Gasteiger charge is -2.34. The molecule has 0 bridgehead atoms. The normalized spacial score (nSPS) is 15.1. The molecule has 0 radical (unpaired) electrons. The third-order valence-corrected chi connectivity index (χ3v) is 5.32. The molecule has 4 nitrogen and oxygen atoms in total. The van der Waals surface area contributed by atoms with E-state index in [1.54, 1.807) is 6.07 Å². The number of carbonyl (C=O) groups excluding carboxylic acids is 1. The maximum Gasteiger partial charge on any atom is 0.337 e. The van der Waals surface area contributed by atoms with Gasteiger partial charge in [-0.1, -0.05) is 36.4 Å². The Hall–Kier alpha value is -2.85. The van der Waals surface area contributed by atoms with Crippen LogP contribution in [0.25, 0.3) is 21.9 Å². The van der Waals surface area contributed by atoms with Crippen molar-refractivity contribution in [3.63, 3.8) is 0 Å². The summed E-state index contributed by atoms with van der Waals surface area (Å²) < 4.78 is 4.85. The Morgan fingerprint density at radius 2 is 1.63 bits per heavy atom. The summed E-state index contributed by atoms with van der Waals surface area (Å²) in [5.74, 6) is -0.309. The van der Waals surface area contributed by atoms with Gasteiger partial charge in [0.2, 0.25) is 0 Å². The average Bonchev–Trinajstić information content (AvgIpc) is 2.73. The number of anilines is 1. The predicted molar refractivity (Wildman–Crippen MR) is 110 cm³/mol. The van der Waals surface area contributed by atoms with Crippen LogP contribution in [0.15, 0.2) is 60.7 Å². The van der Waals surface area contributed by atoms with Crippen LogP contribution >= 0.6 is 0 Å². The van der Waals surface area contributed by atoms with Crippen LogP contribution in [-0.4, -0.2) is 51.2 Å². The second-order valence-corrected chi connectivity index (χ2v) is 7.08. The second-order valence-electron chi connectivity index (χ2n) is 7.08. The largest absolute Gasteiger partial charge is 0.465 e. The van der Waals surface area contributed by atoms with Gasteiger partial charge in [-0.3, -0.25) is 0 Å². The molecule has 1 saturated heterocycles. The number of benzene rings is 3. The molecule has 0 amide bonds. The number of fused-ring (bicyclic) bond motifs is 1. The van der Waals surface area contributed by atoms with Crippen LogP contribution < -0.4 is 4.90 Å². The first-order chi connectivity index (χ1) is 13.2. The van der Waals surface area contributed by atoms with Gasteiger partial charge in [0.05, 0.1) is 12.7 Å². The second kappa shape index (κ2) is 7.41. The molecule has 0 N–H and O–H groups in total. The summed E-state index contributed by atoms with van der Waals surface area (Å²) in [5.41, 5.74) is 3.98. The quantitative estimate of drug-likeness (QED) is 0.660. The Bertz CT molecular complexity index is 975. The molecule has 0 spiro atoms. The molecule has 1 aliphatic heterocycles. The van der Waals surface area contributed by atoms with Crippen LogP contribution in [-0.2, 0) is 4.74 Å². The van der Waals surface area contributed by atoms with Gasteiger partial charge < -0.3 is 14.5 Å². The number of carbonyl (C=O) groups is 1. The van der Waals surface area contributed by atoms with Crippen molar-refractivity contribution < 1.29 is 9.53 Å². The minimum absolute atomic E-state index is 0.309. The van der Waals surface area contributed by atoms with Crippen molar-refractivity contribution in [1.29, 1.82) is 0 Å². The average molecular weight is 360 g/mol. The molecular weight excluding hydrogens is 336 g/mol. The highest BCUT2D eigenvalue weighted by Crippen LogP contribution is 2.32. The van der Waals surface area contributed by atoms with Crippen LogP contribution in [0, 0.1) is 0 Å². The number of likely N-dealkylation sites (N-methyl/N-ethyl adjacent to an activating group) is 1. The van der Waals surface area contributed by atoms with Crippen molar-refractivity contribution in [2.75, 3.05) is 45.2 Å². The summed E-state index contributed by atoms with van der Waals surface area (Å²) >= 11 is 0. The van der Waals surface area contributed by atoms with Crippen LogP contribution in [0.4, 0.5) is 5.69 Å². The van der Waals surface area contributed by atoms with E-state index in [1.165, 1.54) is 23.6 Å². The lowest BCUT2D eigenvalue weighted by atomic mass is 9.98. The van der Waals surface area contributed by atoms with Crippen molar-refractivity contribution in [2.45, 2.75) is 0 Å². The fourth-order valence-electron chi connectivity index (χ4n) is 3.70. The number of ether oxygens (including phenoxy) is 1. The van der Waals surface area contributed by atoms with Crippen LogP contribution in [0.2, 0.25) is 0 Å². The molecule has 27 heavy (non-hydrogen) atoms. The van der Waals surface area contributed by atoms with Gasteiger partial charge in [-0.25, -0.2) is 4.79 Å². The summed E-state index contributed by atoms with van der Waals surface area (Å²) in [4.78, 5) is 16.7. The monoisotopic (exact) mass is 360 g/mol. The molecule has 3 aromatic carbocycles. The molecule has 4 rings (SSSR count). The van der Waals surface area contributed by atoms with Crippen molar-refractivity contribution in [2.24, 2.45) is 0 Å².